The van der Waals surface area contributed by atoms with Gasteiger partial charge < -0.3 is 15.5 Å². The van der Waals surface area contributed by atoms with Gasteiger partial charge in [-0.15, -0.1) is 12.4 Å². The van der Waals surface area contributed by atoms with Crippen LogP contribution in [0.4, 0.5) is 0 Å². The molecule has 0 bridgehead atoms. The number of hydrogen-bond acceptors (Lipinski definition) is 3. The average Bonchev–Trinajstić information content (AvgIpc) is 2.53. The molecule has 0 aromatic heterocycles. The number of halogens is 3. The molecule has 1 saturated heterocycles. The molecule has 1 aromatic carbocycles. The molecular weight excluding hydrogens is 361 g/mol. The fourth-order valence-electron chi connectivity index (χ4n) is 2.38. The minimum atomic E-state index is -0.187. The van der Waals surface area contributed by atoms with E-state index < -0.39 is 0 Å². The highest BCUT2D eigenvalue weighted by Gasteiger charge is 2.27. The van der Waals surface area contributed by atoms with E-state index in [1.165, 1.54) is 0 Å². The summed E-state index contributed by atoms with van der Waals surface area (Å²) < 4.78 is 0. The van der Waals surface area contributed by atoms with Gasteiger partial charge in [-0.1, -0.05) is 30.1 Å². The van der Waals surface area contributed by atoms with Crippen molar-refractivity contribution >= 4 is 47.4 Å². The van der Waals surface area contributed by atoms with Gasteiger partial charge in [-0.2, -0.15) is 0 Å². The quantitative estimate of drug-likeness (QED) is 0.875. The summed E-state index contributed by atoms with van der Waals surface area (Å²) in [5, 5.41) is 0.834. The van der Waals surface area contributed by atoms with Gasteiger partial charge in [0, 0.05) is 43.7 Å². The van der Waals surface area contributed by atoms with Crippen molar-refractivity contribution in [1.29, 1.82) is 0 Å². The van der Waals surface area contributed by atoms with Gasteiger partial charge in [-0.3, -0.25) is 9.59 Å². The van der Waals surface area contributed by atoms with Gasteiger partial charge in [0.15, 0.2) is 0 Å². The molecule has 0 aliphatic carbocycles. The fraction of sp³-hybridized carbons (Fsp3) is 0.467. The Balaban J connectivity index is 0.00000264. The van der Waals surface area contributed by atoms with Gasteiger partial charge >= 0.3 is 0 Å². The lowest BCUT2D eigenvalue weighted by atomic mass is 10.1. The van der Waals surface area contributed by atoms with Crippen LogP contribution in [-0.2, 0) is 4.79 Å². The first kappa shape index (κ1) is 20.0. The Hall–Kier alpha value is -1.01. The second kappa shape index (κ2) is 8.73. The first-order valence-corrected chi connectivity index (χ1v) is 7.92. The molecule has 1 unspecified atom stereocenters. The smallest absolute Gasteiger partial charge is 0.255 e. The Kier molecular flexibility index (Phi) is 7.61. The summed E-state index contributed by atoms with van der Waals surface area (Å²) in [6.07, 6.45) is 0. The van der Waals surface area contributed by atoms with Crippen LogP contribution < -0.4 is 5.73 Å². The van der Waals surface area contributed by atoms with Gasteiger partial charge in [0.1, 0.15) is 0 Å². The molecule has 1 heterocycles. The van der Waals surface area contributed by atoms with E-state index in [-0.39, 0.29) is 30.1 Å². The normalized spacial score (nSPS) is 15.8. The third-order valence-electron chi connectivity index (χ3n) is 3.82. The number of carbonyl (C=O) groups excluding carboxylic acids is 2. The van der Waals surface area contributed by atoms with Crippen molar-refractivity contribution in [3.8, 4) is 0 Å². The molecule has 0 radical (unpaired) electrons. The Labute approximate surface area is 152 Å². The van der Waals surface area contributed by atoms with Crippen molar-refractivity contribution in [3.05, 3.63) is 33.8 Å². The van der Waals surface area contributed by atoms with Gasteiger partial charge in [-0.05, 0) is 18.2 Å². The molecule has 0 spiro atoms. The number of rotatable bonds is 3. The Bertz CT molecular complexity index is 575. The predicted molar refractivity (Wildman–Crippen MR) is 94.4 cm³/mol. The summed E-state index contributed by atoms with van der Waals surface area (Å²) in [5.41, 5.74) is 5.95. The summed E-state index contributed by atoms with van der Waals surface area (Å²) in [4.78, 5) is 28.0. The SMILES string of the molecule is CC(CN)C(=O)N1CCN(C(=O)c2ccc(Cl)cc2Cl)CC1.Cl. The zero-order chi connectivity index (χ0) is 16.3. The number of carbonyl (C=O) groups is 2. The van der Waals surface area contributed by atoms with Crippen molar-refractivity contribution in [2.75, 3.05) is 32.7 Å². The molecule has 2 amide bonds. The highest BCUT2D eigenvalue weighted by molar-refractivity contribution is 6.36. The van der Waals surface area contributed by atoms with Crippen molar-refractivity contribution in [2.24, 2.45) is 11.7 Å². The predicted octanol–water partition coefficient (Wildman–Crippen LogP) is 2.29. The zero-order valence-corrected chi connectivity index (χ0v) is 15.1. The Morgan fingerprint density at radius 3 is 2.26 bits per heavy atom. The van der Waals surface area contributed by atoms with Crippen LogP contribution in [0.15, 0.2) is 18.2 Å². The second-order valence-electron chi connectivity index (χ2n) is 5.38. The molecule has 5 nitrogen and oxygen atoms in total. The van der Waals surface area contributed by atoms with E-state index in [0.717, 1.165) is 0 Å². The summed E-state index contributed by atoms with van der Waals surface area (Å²) >= 11 is 11.9. The first-order chi connectivity index (χ1) is 10.4. The second-order valence-corrected chi connectivity index (χ2v) is 6.22. The topological polar surface area (TPSA) is 66.6 Å². The van der Waals surface area contributed by atoms with Crippen LogP contribution in [0, 0.1) is 5.92 Å². The van der Waals surface area contributed by atoms with Crippen molar-refractivity contribution in [1.82, 2.24) is 9.80 Å². The molecule has 2 rings (SSSR count). The molecule has 1 aliphatic heterocycles. The van der Waals surface area contributed by atoms with Crippen LogP contribution in [0.1, 0.15) is 17.3 Å². The molecule has 1 fully saturated rings. The van der Waals surface area contributed by atoms with Gasteiger partial charge in [0.25, 0.3) is 5.91 Å². The summed E-state index contributed by atoms with van der Waals surface area (Å²) in [6.45, 7) is 4.15. The lowest BCUT2D eigenvalue weighted by Gasteiger charge is -2.36. The first-order valence-electron chi connectivity index (χ1n) is 7.17. The molecule has 0 saturated carbocycles. The van der Waals surface area contributed by atoms with E-state index in [4.69, 9.17) is 28.9 Å². The number of piperazine rings is 1. The highest BCUT2D eigenvalue weighted by atomic mass is 35.5. The number of benzene rings is 1. The van der Waals surface area contributed by atoms with E-state index in [2.05, 4.69) is 0 Å². The molecule has 1 aromatic rings. The maximum Gasteiger partial charge on any atom is 0.255 e. The molecule has 8 heteroatoms. The summed E-state index contributed by atoms with van der Waals surface area (Å²) in [6, 6.07) is 4.82. The molecular formula is C15H20Cl3N3O2. The minimum Gasteiger partial charge on any atom is -0.339 e. The third kappa shape index (κ3) is 4.73. The Morgan fingerprint density at radius 2 is 1.74 bits per heavy atom. The maximum atomic E-state index is 12.5. The Morgan fingerprint density at radius 1 is 1.17 bits per heavy atom. The zero-order valence-electron chi connectivity index (χ0n) is 12.8. The van der Waals surface area contributed by atoms with Gasteiger partial charge in [0.2, 0.25) is 5.91 Å². The monoisotopic (exact) mass is 379 g/mol. The summed E-state index contributed by atoms with van der Waals surface area (Å²) in [7, 11) is 0. The number of amides is 2. The summed E-state index contributed by atoms with van der Waals surface area (Å²) in [5.74, 6) is -0.285. The molecule has 1 atom stereocenters. The van der Waals surface area contributed by atoms with Crippen LogP contribution in [0.25, 0.3) is 0 Å². The van der Waals surface area contributed by atoms with E-state index in [0.29, 0.717) is 48.3 Å². The standard InChI is InChI=1S/C15H19Cl2N3O2.ClH/c1-10(9-18)14(21)19-4-6-20(7-5-19)15(22)12-3-2-11(16)8-13(12)17;/h2-3,8,10H,4-7,9,18H2,1H3;1H. The number of nitrogens with two attached hydrogens (primary N) is 1. The van der Waals surface area contributed by atoms with Crippen molar-refractivity contribution < 1.29 is 9.59 Å². The van der Waals surface area contributed by atoms with Gasteiger partial charge in [0.05, 0.1) is 10.6 Å². The van der Waals surface area contributed by atoms with Crippen molar-refractivity contribution in [2.45, 2.75) is 6.92 Å². The van der Waals surface area contributed by atoms with Crippen molar-refractivity contribution in [3.63, 3.8) is 0 Å². The van der Waals surface area contributed by atoms with Crippen LogP contribution in [0.3, 0.4) is 0 Å². The van der Waals surface area contributed by atoms with E-state index in [9.17, 15) is 9.59 Å². The highest BCUT2D eigenvalue weighted by Crippen LogP contribution is 2.23. The van der Waals surface area contributed by atoms with E-state index in [1.807, 2.05) is 6.92 Å². The lowest BCUT2D eigenvalue weighted by molar-refractivity contribution is -0.136. The van der Waals surface area contributed by atoms with Crippen LogP contribution in [0.2, 0.25) is 10.0 Å². The van der Waals surface area contributed by atoms with Crippen LogP contribution >= 0.6 is 35.6 Å². The number of nitrogens with zero attached hydrogens (tertiary/aromatic N) is 2. The molecule has 23 heavy (non-hydrogen) atoms. The third-order valence-corrected chi connectivity index (χ3v) is 4.36. The lowest BCUT2D eigenvalue weighted by Crippen LogP contribution is -2.52. The van der Waals surface area contributed by atoms with Crippen LogP contribution in [-0.4, -0.2) is 54.3 Å². The number of hydrogen-bond donors (Lipinski definition) is 1. The van der Waals surface area contributed by atoms with E-state index in [1.54, 1.807) is 28.0 Å². The molecule has 1 aliphatic rings. The minimum absolute atomic E-state index is 0. The average molecular weight is 381 g/mol. The van der Waals surface area contributed by atoms with Gasteiger partial charge in [-0.25, -0.2) is 0 Å². The molecule has 2 N–H and O–H groups in total. The largest absolute Gasteiger partial charge is 0.339 e. The molecule has 128 valence electrons. The fourth-order valence-corrected chi connectivity index (χ4v) is 2.87. The van der Waals surface area contributed by atoms with E-state index >= 15 is 0 Å². The van der Waals surface area contributed by atoms with Crippen LogP contribution in [0.5, 0.6) is 0 Å². The maximum absolute atomic E-state index is 12.5.